The van der Waals surface area contributed by atoms with Crippen molar-refractivity contribution in [2.24, 2.45) is 5.92 Å². The molecule has 6 nitrogen and oxygen atoms in total. The average molecular weight is 371 g/mol. The number of ether oxygens (including phenoxy) is 1. The van der Waals surface area contributed by atoms with E-state index < -0.39 is 0 Å². The molecule has 0 fully saturated rings. The second-order valence-electron chi connectivity index (χ2n) is 6.54. The Morgan fingerprint density at radius 3 is 2.69 bits per heavy atom. The summed E-state index contributed by atoms with van der Waals surface area (Å²) in [6.45, 7) is 5.03. The molecule has 0 spiro atoms. The second-order valence-corrected chi connectivity index (χ2v) is 7.45. The number of aromatic nitrogens is 2. The smallest absolute Gasteiger partial charge is 0.268 e. The highest BCUT2D eigenvalue weighted by Gasteiger charge is 2.14. The molecule has 7 heteroatoms. The Morgan fingerprint density at radius 2 is 2.00 bits per heavy atom. The molecule has 2 heterocycles. The number of nitrogens with one attached hydrogen (secondary N) is 1. The summed E-state index contributed by atoms with van der Waals surface area (Å²) < 4.78 is 6.23. The van der Waals surface area contributed by atoms with Crippen LogP contribution in [0.4, 0.5) is 0 Å². The molecule has 0 bridgehead atoms. The van der Waals surface area contributed by atoms with Crippen molar-refractivity contribution in [2.45, 2.75) is 20.4 Å². The first-order valence-corrected chi connectivity index (χ1v) is 9.26. The van der Waals surface area contributed by atoms with Gasteiger partial charge in [0.15, 0.2) is 0 Å². The van der Waals surface area contributed by atoms with E-state index >= 15 is 0 Å². The van der Waals surface area contributed by atoms with Gasteiger partial charge in [-0.2, -0.15) is 0 Å². The molecule has 0 saturated heterocycles. The minimum Gasteiger partial charge on any atom is -0.493 e. The molecule has 0 radical (unpaired) electrons. The van der Waals surface area contributed by atoms with Crippen LogP contribution in [0.15, 0.2) is 40.5 Å². The molecule has 0 saturated carbocycles. The quantitative estimate of drug-likeness (QED) is 0.721. The maximum Gasteiger partial charge on any atom is 0.268 e. The molecule has 1 aromatic carbocycles. The fraction of sp³-hybridized carbons (Fsp3) is 0.316. The molecule has 0 unspecified atom stereocenters. The Kier molecular flexibility index (Phi) is 5.37. The number of nitrogens with zero attached hydrogens (tertiary/aromatic N) is 2. The number of hydrogen-bond acceptors (Lipinski definition) is 5. The van der Waals surface area contributed by atoms with Crippen molar-refractivity contribution in [3.63, 3.8) is 0 Å². The monoisotopic (exact) mass is 371 g/mol. The van der Waals surface area contributed by atoms with Crippen LogP contribution in [0.5, 0.6) is 5.75 Å². The first-order chi connectivity index (χ1) is 12.4. The van der Waals surface area contributed by atoms with E-state index in [9.17, 15) is 9.59 Å². The fourth-order valence-electron chi connectivity index (χ4n) is 2.47. The third kappa shape index (κ3) is 4.11. The average Bonchev–Trinajstić information content (AvgIpc) is 3.09. The van der Waals surface area contributed by atoms with Gasteiger partial charge in [0.1, 0.15) is 16.3 Å². The van der Waals surface area contributed by atoms with E-state index in [-0.39, 0.29) is 18.0 Å². The summed E-state index contributed by atoms with van der Waals surface area (Å²) in [5.41, 5.74) is 1.04. The predicted octanol–water partition coefficient (Wildman–Crippen LogP) is 3.29. The number of fused-ring (bicyclic) bond motifs is 1. The number of amides is 1. The van der Waals surface area contributed by atoms with Gasteiger partial charge in [0, 0.05) is 12.6 Å². The molecular formula is C19H21N3O3S. The molecule has 3 rings (SSSR count). The van der Waals surface area contributed by atoms with E-state index in [1.165, 1.54) is 16.2 Å². The summed E-state index contributed by atoms with van der Waals surface area (Å²) >= 11 is 1.35. The number of benzene rings is 1. The number of carbonyl (C=O) groups is 1. The molecule has 1 amide bonds. The van der Waals surface area contributed by atoms with Gasteiger partial charge in [-0.05, 0) is 41.6 Å². The van der Waals surface area contributed by atoms with Gasteiger partial charge in [-0.1, -0.05) is 13.8 Å². The highest BCUT2D eigenvalue weighted by atomic mass is 32.1. The second kappa shape index (κ2) is 7.70. The summed E-state index contributed by atoms with van der Waals surface area (Å²) in [6, 6.07) is 8.87. The van der Waals surface area contributed by atoms with Gasteiger partial charge in [-0.25, -0.2) is 4.98 Å². The molecular weight excluding hydrogens is 350 g/mol. The van der Waals surface area contributed by atoms with Gasteiger partial charge < -0.3 is 14.6 Å². The SMILES string of the molecule is CC(C)COc1ccc(C(=O)N(C)Cc2nc3ccsc3c(=O)[nH]2)cc1. The molecule has 3 aromatic rings. The molecule has 0 aliphatic rings. The van der Waals surface area contributed by atoms with Crippen molar-refractivity contribution in [1.29, 1.82) is 0 Å². The summed E-state index contributed by atoms with van der Waals surface area (Å²) in [4.78, 5) is 33.3. The molecule has 1 N–H and O–H groups in total. The van der Waals surface area contributed by atoms with E-state index in [2.05, 4.69) is 23.8 Å². The molecule has 0 aliphatic heterocycles. The van der Waals surface area contributed by atoms with Gasteiger partial charge >= 0.3 is 0 Å². The highest BCUT2D eigenvalue weighted by molar-refractivity contribution is 7.17. The Balaban J connectivity index is 1.69. The number of H-pyrrole nitrogens is 1. The van der Waals surface area contributed by atoms with E-state index in [0.717, 1.165) is 5.75 Å². The van der Waals surface area contributed by atoms with Crippen LogP contribution >= 0.6 is 11.3 Å². The van der Waals surface area contributed by atoms with Gasteiger partial charge in [0.25, 0.3) is 11.5 Å². The Morgan fingerprint density at radius 1 is 1.27 bits per heavy atom. The lowest BCUT2D eigenvalue weighted by Crippen LogP contribution is -2.28. The van der Waals surface area contributed by atoms with Crippen molar-refractivity contribution < 1.29 is 9.53 Å². The summed E-state index contributed by atoms with van der Waals surface area (Å²) in [5.74, 6) is 1.51. The summed E-state index contributed by atoms with van der Waals surface area (Å²) in [7, 11) is 1.68. The third-order valence-electron chi connectivity index (χ3n) is 3.78. The van der Waals surface area contributed by atoms with Crippen LogP contribution < -0.4 is 10.3 Å². The number of thiophene rings is 1. The summed E-state index contributed by atoms with van der Waals surface area (Å²) in [6.07, 6.45) is 0. The van der Waals surface area contributed by atoms with Crippen molar-refractivity contribution in [2.75, 3.05) is 13.7 Å². The standard InChI is InChI=1S/C19H21N3O3S/c1-12(2)11-25-14-6-4-13(5-7-14)19(24)22(3)10-16-20-15-8-9-26-17(15)18(23)21-16/h4-9,12H,10-11H2,1-3H3,(H,20,21,23). The lowest BCUT2D eigenvalue weighted by molar-refractivity contribution is 0.0781. The molecule has 26 heavy (non-hydrogen) atoms. The van der Waals surface area contributed by atoms with Crippen LogP contribution in [0, 0.1) is 5.92 Å². The largest absolute Gasteiger partial charge is 0.493 e. The zero-order chi connectivity index (χ0) is 18.7. The van der Waals surface area contributed by atoms with Crippen molar-refractivity contribution in [1.82, 2.24) is 14.9 Å². The van der Waals surface area contributed by atoms with Crippen molar-refractivity contribution >= 4 is 27.5 Å². The van der Waals surface area contributed by atoms with Crippen LogP contribution in [-0.4, -0.2) is 34.4 Å². The minimum atomic E-state index is -0.174. The molecule has 2 aromatic heterocycles. The first kappa shape index (κ1) is 18.1. The van der Waals surface area contributed by atoms with Crippen LogP contribution in [0.25, 0.3) is 10.2 Å². The molecule has 0 aliphatic carbocycles. The highest BCUT2D eigenvalue weighted by Crippen LogP contribution is 2.16. The van der Waals surface area contributed by atoms with Crippen LogP contribution in [0.2, 0.25) is 0 Å². The zero-order valence-corrected chi connectivity index (χ0v) is 15.8. The maximum atomic E-state index is 12.6. The number of carbonyl (C=O) groups excluding carboxylic acids is 1. The number of aromatic amines is 1. The van der Waals surface area contributed by atoms with E-state index in [1.807, 2.05) is 5.38 Å². The van der Waals surface area contributed by atoms with Crippen LogP contribution in [0.1, 0.15) is 30.0 Å². The minimum absolute atomic E-state index is 0.145. The fourth-order valence-corrected chi connectivity index (χ4v) is 3.20. The van der Waals surface area contributed by atoms with E-state index in [4.69, 9.17) is 4.74 Å². The van der Waals surface area contributed by atoms with Gasteiger partial charge in [-0.3, -0.25) is 9.59 Å². The van der Waals surface area contributed by atoms with Crippen LogP contribution in [-0.2, 0) is 6.54 Å². The number of rotatable bonds is 6. The summed E-state index contributed by atoms with van der Waals surface area (Å²) in [5, 5.41) is 1.83. The maximum absolute atomic E-state index is 12.6. The number of hydrogen-bond donors (Lipinski definition) is 1. The Bertz CT molecular complexity index is 960. The van der Waals surface area contributed by atoms with Crippen molar-refractivity contribution in [3.8, 4) is 5.75 Å². The Hall–Kier alpha value is -2.67. The molecule has 0 atom stereocenters. The van der Waals surface area contributed by atoms with E-state index in [0.29, 0.717) is 34.1 Å². The van der Waals surface area contributed by atoms with Gasteiger partial charge in [-0.15, -0.1) is 11.3 Å². The van der Waals surface area contributed by atoms with E-state index in [1.54, 1.807) is 37.4 Å². The predicted molar refractivity (Wildman–Crippen MR) is 103 cm³/mol. The normalized spacial score (nSPS) is 11.1. The van der Waals surface area contributed by atoms with Crippen LogP contribution in [0.3, 0.4) is 0 Å². The Labute approximate surface area is 155 Å². The first-order valence-electron chi connectivity index (χ1n) is 8.39. The zero-order valence-electron chi connectivity index (χ0n) is 15.0. The third-order valence-corrected chi connectivity index (χ3v) is 4.68. The lowest BCUT2D eigenvalue weighted by Gasteiger charge is -2.17. The van der Waals surface area contributed by atoms with Crippen molar-refractivity contribution in [3.05, 3.63) is 57.5 Å². The van der Waals surface area contributed by atoms with Gasteiger partial charge in [0.2, 0.25) is 0 Å². The topological polar surface area (TPSA) is 75.3 Å². The molecule has 136 valence electrons. The van der Waals surface area contributed by atoms with Gasteiger partial charge in [0.05, 0.1) is 18.7 Å². The lowest BCUT2D eigenvalue weighted by atomic mass is 10.2.